The van der Waals surface area contributed by atoms with E-state index in [9.17, 15) is 9.59 Å². The number of hydrogen-bond donors (Lipinski definition) is 1. The minimum absolute atomic E-state index is 0.105. The summed E-state index contributed by atoms with van der Waals surface area (Å²) >= 11 is 0. The molecule has 104 valence electrons. The molecule has 4 nitrogen and oxygen atoms in total. The molecule has 1 saturated heterocycles. The molecule has 0 saturated carbocycles. The van der Waals surface area contributed by atoms with E-state index in [1.54, 1.807) is 30.5 Å². The SMILES string of the molecule is O=C1c2ccccc2C(=O)C1C=NCC1CC[NH2+]CC1. The van der Waals surface area contributed by atoms with Crippen LogP contribution in [0.5, 0.6) is 0 Å². The van der Waals surface area contributed by atoms with E-state index in [2.05, 4.69) is 10.3 Å². The van der Waals surface area contributed by atoms with Crippen molar-refractivity contribution in [2.75, 3.05) is 19.6 Å². The molecule has 3 rings (SSSR count). The van der Waals surface area contributed by atoms with Crippen LogP contribution in [0, 0.1) is 11.8 Å². The summed E-state index contributed by atoms with van der Waals surface area (Å²) < 4.78 is 0. The molecule has 0 atom stereocenters. The average molecular weight is 271 g/mol. The Kier molecular flexibility index (Phi) is 3.74. The van der Waals surface area contributed by atoms with E-state index in [1.807, 2.05) is 0 Å². The van der Waals surface area contributed by atoms with E-state index in [4.69, 9.17) is 0 Å². The van der Waals surface area contributed by atoms with Crippen LogP contribution in [0.4, 0.5) is 0 Å². The zero-order chi connectivity index (χ0) is 13.9. The highest BCUT2D eigenvalue weighted by Gasteiger charge is 2.36. The van der Waals surface area contributed by atoms with Crippen LogP contribution in [0.1, 0.15) is 33.6 Å². The molecule has 1 fully saturated rings. The van der Waals surface area contributed by atoms with Gasteiger partial charge in [-0.15, -0.1) is 0 Å². The number of benzene rings is 1. The van der Waals surface area contributed by atoms with E-state index >= 15 is 0 Å². The van der Waals surface area contributed by atoms with Gasteiger partial charge in [0.25, 0.3) is 0 Å². The second kappa shape index (κ2) is 5.67. The van der Waals surface area contributed by atoms with Crippen LogP contribution in [0.25, 0.3) is 0 Å². The third kappa shape index (κ3) is 2.43. The summed E-state index contributed by atoms with van der Waals surface area (Å²) in [6.45, 7) is 3.06. The molecule has 1 aromatic rings. The molecule has 0 aromatic heterocycles. The molecule has 0 radical (unpaired) electrons. The Morgan fingerprint density at radius 1 is 1.10 bits per heavy atom. The average Bonchev–Trinajstić information content (AvgIpc) is 2.74. The van der Waals surface area contributed by atoms with Gasteiger partial charge in [0.05, 0.1) is 13.1 Å². The lowest BCUT2D eigenvalue weighted by Gasteiger charge is -2.18. The smallest absolute Gasteiger partial charge is 0.179 e. The normalized spacial score (nSPS) is 20.8. The molecule has 4 heteroatoms. The highest BCUT2D eigenvalue weighted by atomic mass is 16.2. The number of aliphatic imine (C=N–C) groups is 1. The van der Waals surface area contributed by atoms with Crippen molar-refractivity contribution in [1.82, 2.24) is 0 Å². The van der Waals surface area contributed by atoms with Crippen LogP contribution in [-0.4, -0.2) is 37.4 Å². The van der Waals surface area contributed by atoms with Gasteiger partial charge in [0.1, 0.15) is 5.92 Å². The zero-order valence-corrected chi connectivity index (χ0v) is 11.4. The van der Waals surface area contributed by atoms with Gasteiger partial charge >= 0.3 is 0 Å². The van der Waals surface area contributed by atoms with Crippen LogP contribution in [0.15, 0.2) is 29.3 Å². The van der Waals surface area contributed by atoms with E-state index in [1.165, 1.54) is 12.8 Å². The molecule has 1 heterocycles. The lowest BCUT2D eigenvalue weighted by Crippen LogP contribution is -2.86. The number of rotatable bonds is 3. The number of quaternary nitrogens is 1. The topological polar surface area (TPSA) is 63.1 Å². The van der Waals surface area contributed by atoms with E-state index in [0.29, 0.717) is 17.0 Å². The number of piperidine rings is 1. The number of Topliss-reactive ketones (excluding diaryl/α,β-unsaturated/α-hetero) is 2. The molecule has 0 bridgehead atoms. The van der Waals surface area contributed by atoms with E-state index in [0.717, 1.165) is 19.6 Å². The molecule has 2 N–H and O–H groups in total. The summed E-state index contributed by atoms with van der Waals surface area (Å²) in [4.78, 5) is 28.7. The van der Waals surface area contributed by atoms with Gasteiger partial charge < -0.3 is 5.32 Å². The van der Waals surface area contributed by atoms with Gasteiger partial charge in [0.15, 0.2) is 11.6 Å². The fourth-order valence-electron chi connectivity index (χ4n) is 3.00. The number of nitrogens with zero attached hydrogens (tertiary/aromatic N) is 1. The number of hydrogen-bond acceptors (Lipinski definition) is 3. The van der Waals surface area contributed by atoms with Gasteiger partial charge in [0, 0.05) is 36.7 Å². The third-order valence-electron chi connectivity index (χ3n) is 4.20. The lowest BCUT2D eigenvalue weighted by molar-refractivity contribution is -0.664. The van der Waals surface area contributed by atoms with Crippen molar-refractivity contribution in [2.24, 2.45) is 16.8 Å². The first-order valence-corrected chi connectivity index (χ1v) is 7.26. The quantitative estimate of drug-likeness (QED) is 0.650. The fourth-order valence-corrected chi connectivity index (χ4v) is 3.00. The van der Waals surface area contributed by atoms with Crippen molar-refractivity contribution >= 4 is 17.8 Å². The maximum absolute atomic E-state index is 12.2. The van der Waals surface area contributed by atoms with Crippen molar-refractivity contribution in [3.8, 4) is 0 Å². The Morgan fingerprint density at radius 2 is 1.70 bits per heavy atom. The maximum atomic E-state index is 12.2. The molecule has 2 aliphatic rings. The van der Waals surface area contributed by atoms with E-state index in [-0.39, 0.29) is 11.6 Å². The van der Waals surface area contributed by atoms with Crippen LogP contribution in [-0.2, 0) is 0 Å². The van der Waals surface area contributed by atoms with Crippen molar-refractivity contribution < 1.29 is 14.9 Å². The van der Waals surface area contributed by atoms with E-state index < -0.39 is 5.92 Å². The van der Waals surface area contributed by atoms with Crippen molar-refractivity contribution in [3.63, 3.8) is 0 Å². The molecule has 20 heavy (non-hydrogen) atoms. The predicted octanol–water partition coefficient (Wildman–Crippen LogP) is 0.726. The van der Waals surface area contributed by atoms with Gasteiger partial charge in [0.2, 0.25) is 0 Å². The molecular formula is C16H19N2O2+. The van der Waals surface area contributed by atoms with Gasteiger partial charge in [-0.25, -0.2) is 0 Å². The number of carbonyl (C=O) groups is 2. The second-order valence-electron chi connectivity index (χ2n) is 5.58. The summed E-state index contributed by atoms with van der Waals surface area (Å²) in [5, 5.41) is 2.32. The Morgan fingerprint density at radius 3 is 2.30 bits per heavy atom. The third-order valence-corrected chi connectivity index (χ3v) is 4.20. The highest BCUT2D eigenvalue weighted by molar-refractivity contribution is 6.33. The minimum atomic E-state index is -0.692. The Labute approximate surface area is 118 Å². The van der Waals surface area contributed by atoms with Crippen LogP contribution < -0.4 is 5.32 Å². The first-order valence-electron chi connectivity index (χ1n) is 7.26. The first-order chi connectivity index (χ1) is 9.77. The summed E-state index contributed by atoms with van der Waals surface area (Å²) in [7, 11) is 0. The number of fused-ring (bicyclic) bond motifs is 1. The summed E-state index contributed by atoms with van der Waals surface area (Å²) in [6.07, 6.45) is 3.91. The molecule has 0 spiro atoms. The van der Waals surface area contributed by atoms with Crippen molar-refractivity contribution in [2.45, 2.75) is 12.8 Å². The maximum Gasteiger partial charge on any atom is 0.179 e. The van der Waals surface area contributed by atoms with Crippen LogP contribution in [0.2, 0.25) is 0 Å². The summed E-state index contributed by atoms with van der Waals surface area (Å²) in [5.41, 5.74) is 1.09. The van der Waals surface area contributed by atoms with Gasteiger partial charge in [-0.1, -0.05) is 24.3 Å². The minimum Gasteiger partial charge on any atom is -0.346 e. The first kappa shape index (κ1) is 13.2. The summed E-state index contributed by atoms with van der Waals surface area (Å²) in [6, 6.07) is 7.03. The number of ketones is 2. The van der Waals surface area contributed by atoms with Crippen LogP contribution >= 0.6 is 0 Å². The summed E-state index contributed by atoms with van der Waals surface area (Å²) in [5.74, 6) is -0.301. The Hall–Kier alpha value is -1.81. The van der Waals surface area contributed by atoms with Gasteiger partial charge in [-0.2, -0.15) is 0 Å². The largest absolute Gasteiger partial charge is 0.346 e. The number of carbonyl (C=O) groups excluding carboxylic acids is 2. The highest BCUT2D eigenvalue weighted by Crippen LogP contribution is 2.25. The van der Waals surface area contributed by atoms with Crippen LogP contribution in [0.3, 0.4) is 0 Å². The molecule has 0 unspecified atom stereocenters. The molecular weight excluding hydrogens is 252 g/mol. The fraction of sp³-hybridized carbons (Fsp3) is 0.438. The Bertz CT molecular complexity index is 524. The zero-order valence-electron chi connectivity index (χ0n) is 11.4. The molecule has 1 aliphatic carbocycles. The lowest BCUT2D eigenvalue weighted by atomic mass is 9.98. The Balaban J connectivity index is 1.67. The second-order valence-corrected chi connectivity index (χ2v) is 5.58. The van der Waals surface area contributed by atoms with Gasteiger partial charge in [-0.05, 0) is 5.92 Å². The monoisotopic (exact) mass is 271 g/mol. The number of nitrogens with two attached hydrogens (primary N) is 1. The molecule has 0 amide bonds. The molecule has 1 aliphatic heterocycles. The predicted molar refractivity (Wildman–Crippen MR) is 76.3 cm³/mol. The van der Waals surface area contributed by atoms with Gasteiger partial charge in [-0.3, -0.25) is 14.6 Å². The molecule has 1 aromatic carbocycles. The van der Waals surface area contributed by atoms with Crippen molar-refractivity contribution in [1.29, 1.82) is 0 Å². The van der Waals surface area contributed by atoms with Crippen molar-refractivity contribution in [3.05, 3.63) is 35.4 Å². The standard InChI is InChI=1S/C16H18N2O2/c19-15-12-3-1-2-4-13(12)16(20)14(15)10-18-9-11-5-7-17-8-6-11/h1-4,10-11,14,17H,5-9H2/p+1.